The van der Waals surface area contributed by atoms with E-state index in [2.05, 4.69) is 241 Å². The number of ether oxygens (including phenoxy) is 2. The van der Waals surface area contributed by atoms with Gasteiger partial charge in [0.1, 0.15) is 23.0 Å². The first-order chi connectivity index (χ1) is 42.9. The van der Waals surface area contributed by atoms with Crippen LogP contribution < -0.4 is 9.47 Å². The highest BCUT2D eigenvalue weighted by molar-refractivity contribution is 6.14. The van der Waals surface area contributed by atoms with Crippen molar-refractivity contribution >= 4 is 11.4 Å². The molecule has 0 amide bonds. The van der Waals surface area contributed by atoms with Crippen LogP contribution in [0.4, 0.5) is 0 Å². The quantitative estimate of drug-likeness (QED) is 0.140. The smallest absolute Gasteiger partial charge is 0.248 e. The summed E-state index contributed by atoms with van der Waals surface area (Å²) in [5.74, 6) is 4.25. The molecule has 2 spiro atoms. The molecule has 17 rings (SSSR count). The van der Waals surface area contributed by atoms with E-state index in [0.29, 0.717) is 23.2 Å². The van der Waals surface area contributed by atoms with Crippen LogP contribution in [0.5, 0.6) is 23.0 Å². The molecule has 2 N–H and O–H groups in total. The summed E-state index contributed by atoms with van der Waals surface area (Å²) in [7, 11) is 0. The summed E-state index contributed by atoms with van der Waals surface area (Å²) in [4.78, 5) is 0. The topological polar surface area (TPSA) is 105 Å². The van der Waals surface area contributed by atoms with Crippen molar-refractivity contribution in [2.24, 2.45) is 0 Å². The van der Waals surface area contributed by atoms with E-state index in [0.717, 1.165) is 101 Å². The Balaban J connectivity index is 0.670. The maximum absolute atomic E-state index is 8.85. The van der Waals surface area contributed by atoms with Crippen LogP contribution in [-0.4, -0.2) is 21.6 Å². The zero-order valence-corrected chi connectivity index (χ0v) is 46.8. The van der Waals surface area contributed by atoms with Gasteiger partial charge in [0.2, 0.25) is 11.8 Å². The lowest BCUT2D eigenvalue weighted by Gasteiger charge is -2.39. The maximum atomic E-state index is 8.85. The summed E-state index contributed by atoms with van der Waals surface area (Å²) in [5.41, 5.74) is 23.2. The predicted octanol–water partition coefficient (Wildman–Crippen LogP) is 19.3. The Morgan fingerprint density at radius 3 is 1.07 bits per heavy atom. The first-order valence-corrected chi connectivity index (χ1v) is 29.3. The molecule has 0 fully saturated rings. The first kappa shape index (κ1) is 50.0. The van der Waals surface area contributed by atoms with Crippen LogP contribution in [-0.2, 0) is 10.8 Å². The van der Waals surface area contributed by atoms with Gasteiger partial charge in [0, 0.05) is 33.4 Å². The van der Waals surface area contributed by atoms with E-state index < -0.39 is 10.8 Å². The lowest BCUT2D eigenvalue weighted by molar-refractivity contribution is 0.436. The van der Waals surface area contributed by atoms with Crippen molar-refractivity contribution in [1.29, 1.82) is 10.8 Å². The number of fused-ring (bicyclic) bond motifs is 18. The zero-order valence-electron chi connectivity index (χ0n) is 46.8. The Morgan fingerprint density at radius 2 is 0.598 bits per heavy atom. The van der Waals surface area contributed by atoms with Gasteiger partial charge in [-0.2, -0.15) is 0 Å². The van der Waals surface area contributed by atoms with Crippen molar-refractivity contribution in [3.63, 3.8) is 0 Å². The van der Waals surface area contributed by atoms with Crippen LogP contribution in [0.25, 0.3) is 78.5 Å². The number of nitrogens with zero attached hydrogens (tertiary/aromatic N) is 2. The van der Waals surface area contributed by atoms with E-state index in [1.807, 2.05) is 48.5 Å². The highest BCUT2D eigenvalue weighted by atomic mass is 16.5. The largest absolute Gasteiger partial charge is 0.457 e. The van der Waals surface area contributed by atoms with Crippen LogP contribution in [0, 0.1) is 10.8 Å². The number of aromatic nitrogens is 2. The molecule has 408 valence electrons. The van der Waals surface area contributed by atoms with Crippen LogP contribution in [0.1, 0.15) is 55.6 Å². The molecule has 1 unspecified atom stereocenters. The molecular formula is C80H50N4O3. The number of nitrogens with one attached hydrogen (secondary N) is 2. The van der Waals surface area contributed by atoms with Crippen LogP contribution >= 0.6 is 0 Å². The number of allylic oxidation sites excluding steroid dienone is 2. The van der Waals surface area contributed by atoms with Gasteiger partial charge in [0.15, 0.2) is 0 Å². The third-order valence-electron chi connectivity index (χ3n) is 18.2. The fraction of sp³-hybridized carbons (Fsp3) is 0.0250. The SMILES string of the molecule is N=C(/C=C\C(=N)c1ccc(-c2ccc3c(c2)C2(c4ccccc4O3)c3ccccc3-c3ccc(-c4ccc(-c5nnc(-c6ccc(-c7ccc8c(c7)C7(c9ccccc9O8)c8ccccc8-c8ccccc87)cc6)o5)cc4)cc32)cc1)c1ccccc1. The second kappa shape index (κ2) is 19.5. The fourth-order valence-corrected chi connectivity index (χ4v) is 14.2. The predicted molar refractivity (Wildman–Crippen MR) is 345 cm³/mol. The van der Waals surface area contributed by atoms with E-state index in [4.69, 9.17) is 24.7 Å². The minimum atomic E-state index is -0.697. The van der Waals surface area contributed by atoms with Crippen LogP contribution in [0.2, 0.25) is 0 Å². The van der Waals surface area contributed by atoms with Crippen molar-refractivity contribution in [2.45, 2.75) is 10.8 Å². The Morgan fingerprint density at radius 1 is 0.276 bits per heavy atom. The number of hydrogen-bond donors (Lipinski definition) is 2. The maximum Gasteiger partial charge on any atom is 0.248 e. The number of rotatable bonds is 9. The second-order valence-electron chi connectivity index (χ2n) is 22.7. The van der Waals surface area contributed by atoms with Gasteiger partial charge in [-0.1, -0.05) is 212 Å². The van der Waals surface area contributed by atoms with Crippen molar-refractivity contribution in [3.8, 4) is 102 Å². The molecule has 2 aliphatic heterocycles. The third-order valence-corrected chi connectivity index (χ3v) is 18.2. The Hall–Kier alpha value is -11.5. The fourth-order valence-electron chi connectivity index (χ4n) is 14.2. The molecule has 1 atom stereocenters. The van der Waals surface area contributed by atoms with E-state index in [-0.39, 0.29) is 0 Å². The molecule has 1 aromatic heterocycles. The lowest BCUT2D eigenvalue weighted by atomic mass is 9.65. The monoisotopic (exact) mass is 1110 g/mol. The average Bonchev–Trinajstić information content (AvgIpc) is 1.65. The van der Waals surface area contributed by atoms with Crippen molar-refractivity contribution in [1.82, 2.24) is 10.2 Å². The minimum absolute atomic E-state index is 0.338. The molecule has 0 bridgehead atoms. The first-order valence-electron chi connectivity index (χ1n) is 29.3. The van der Waals surface area contributed by atoms with E-state index in [1.54, 1.807) is 12.2 Å². The molecule has 0 saturated carbocycles. The van der Waals surface area contributed by atoms with Gasteiger partial charge >= 0.3 is 0 Å². The lowest BCUT2D eigenvalue weighted by Crippen LogP contribution is -2.32. The van der Waals surface area contributed by atoms with Crippen molar-refractivity contribution < 1.29 is 13.9 Å². The number of hydrogen-bond acceptors (Lipinski definition) is 7. The third kappa shape index (κ3) is 7.62. The molecule has 0 radical (unpaired) electrons. The number of benzene rings is 12. The van der Waals surface area contributed by atoms with Crippen LogP contribution in [0.3, 0.4) is 0 Å². The van der Waals surface area contributed by atoms with Gasteiger partial charge in [-0.05, 0) is 168 Å². The Labute approximate surface area is 502 Å². The van der Waals surface area contributed by atoms with Crippen molar-refractivity contribution in [2.75, 3.05) is 0 Å². The highest BCUT2D eigenvalue weighted by Crippen LogP contribution is 2.64. The molecule has 7 nitrogen and oxygen atoms in total. The molecular weight excluding hydrogens is 1060 g/mol. The summed E-state index contributed by atoms with van der Waals surface area (Å²) < 4.78 is 20.0. The van der Waals surface area contributed by atoms with Crippen LogP contribution in [0.15, 0.2) is 296 Å². The molecule has 87 heavy (non-hydrogen) atoms. The molecule has 2 aliphatic carbocycles. The Bertz CT molecular complexity index is 4980. The molecule has 4 aliphatic rings. The van der Waals surface area contributed by atoms with Gasteiger partial charge in [0.05, 0.1) is 22.3 Å². The average molecular weight is 1120 g/mol. The summed E-state index contributed by atoms with van der Waals surface area (Å²) in [6.07, 6.45) is 3.38. The summed E-state index contributed by atoms with van der Waals surface area (Å²) in [6, 6.07) is 97.7. The van der Waals surface area contributed by atoms with Gasteiger partial charge in [0.25, 0.3) is 0 Å². The Kier molecular flexibility index (Phi) is 11.2. The van der Waals surface area contributed by atoms with Gasteiger partial charge < -0.3 is 24.7 Å². The summed E-state index contributed by atoms with van der Waals surface area (Å²) in [6.45, 7) is 0. The summed E-state index contributed by atoms with van der Waals surface area (Å²) in [5, 5.41) is 26.5. The standard InChI is InChI=1S/C80H50N4O3/c81-71(52-14-2-1-3-15-52)42-43-72(82)53-32-26-49(27-33-53)58-40-45-76-70(48-58)80(67-23-11-13-25-74(67)86-76)65-21-9-6-18-61(65)62-41-38-56(46-68(62)80)50-28-34-54(35-29-50)77-83-84-78(87-77)55-36-30-51(31-37-55)57-39-44-75-69(47-57)79(66-22-10-12-24-73(66)85-75)63-19-7-4-16-59(63)60-17-5-8-20-64(60)79/h1-48,81-82H/b43-42-,81-71?,82-72?. The molecule has 12 aromatic carbocycles. The molecule has 7 heteroatoms. The molecule has 3 heterocycles. The van der Waals surface area contributed by atoms with Gasteiger partial charge in [-0.3, -0.25) is 0 Å². The van der Waals surface area contributed by atoms with Crippen molar-refractivity contribution in [3.05, 3.63) is 347 Å². The minimum Gasteiger partial charge on any atom is -0.457 e. The van der Waals surface area contributed by atoms with E-state index >= 15 is 0 Å². The van der Waals surface area contributed by atoms with Gasteiger partial charge in [-0.15, -0.1) is 10.2 Å². The van der Waals surface area contributed by atoms with E-state index in [1.165, 1.54) is 44.5 Å². The second-order valence-corrected chi connectivity index (χ2v) is 22.7. The molecule has 0 saturated heterocycles. The zero-order chi connectivity index (χ0) is 57.8. The normalized spacial score (nSPS) is 14.8. The number of para-hydroxylation sites is 2. The summed E-state index contributed by atoms with van der Waals surface area (Å²) >= 11 is 0. The van der Waals surface area contributed by atoms with Gasteiger partial charge in [-0.25, -0.2) is 0 Å². The molecule has 13 aromatic rings. The highest BCUT2D eigenvalue weighted by Gasteiger charge is 2.53. The van der Waals surface area contributed by atoms with E-state index in [9.17, 15) is 0 Å².